The molecule has 0 saturated carbocycles. The zero-order chi connectivity index (χ0) is 12.6. The van der Waals surface area contributed by atoms with Gasteiger partial charge >= 0.3 is 0 Å². The standard InChI is InChI=1S/C14H21NO2/c1-14(2,3)10-6-4-5-7-11(10)15-8-12(16)13(17)9-15/h4-7,12-13,16-17H,8-9H2,1-3H3/t12-,13-/m1/s1. The topological polar surface area (TPSA) is 43.7 Å². The number of hydrogen-bond donors (Lipinski definition) is 2. The molecule has 94 valence electrons. The number of benzene rings is 1. The fourth-order valence-electron chi connectivity index (χ4n) is 2.35. The number of hydrogen-bond acceptors (Lipinski definition) is 3. The Morgan fingerprint density at radius 2 is 1.59 bits per heavy atom. The average Bonchev–Trinajstić information content (AvgIpc) is 2.58. The minimum absolute atomic E-state index is 0.0646. The molecule has 0 amide bonds. The molecule has 0 aromatic heterocycles. The normalized spacial score (nSPS) is 25.4. The summed E-state index contributed by atoms with van der Waals surface area (Å²) in [6.45, 7) is 7.54. The Morgan fingerprint density at radius 3 is 2.12 bits per heavy atom. The van der Waals surface area contributed by atoms with Gasteiger partial charge in [0.15, 0.2) is 0 Å². The van der Waals surface area contributed by atoms with Gasteiger partial charge in [0.05, 0.1) is 12.2 Å². The van der Waals surface area contributed by atoms with Crippen molar-refractivity contribution < 1.29 is 10.2 Å². The molecule has 0 spiro atoms. The number of para-hydroxylation sites is 1. The molecule has 17 heavy (non-hydrogen) atoms. The Hall–Kier alpha value is -1.06. The molecule has 0 unspecified atom stereocenters. The second kappa shape index (κ2) is 4.31. The highest BCUT2D eigenvalue weighted by molar-refractivity contribution is 5.57. The van der Waals surface area contributed by atoms with Crippen molar-refractivity contribution in [1.82, 2.24) is 0 Å². The van der Waals surface area contributed by atoms with Crippen molar-refractivity contribution in [2.24, 2.45) is 0 Å². The van der Waals surface area contributed by atoms with E-state index >= 15 is 0 Å². The van der Waals surface area contributed by atoms with E-state index in [1.807, 2.05) is 12.1 Å². The van der Waals surface area contributed by atoms with Crippen LogP contribution in [0, 0.1) is 0 Å². The van der Waals surface area contributed by atoms with E-state index in [0.717, 1.165) is 5.69 Å². The van der Waals surface area contributed by atoms with Crippen molar-refractivity contribution in [2.45, 2.75) is 38.4 Å². The molecule has 3 nitrogen and oxygen atoms in total. The van der Waals surface area contributed by atoms with Crippen molar-refractivity contribution >= 4 is 5.69 Å². The molecule has 1 saturated heterocycles. The van der Waals surface area contributed by atoms with Crippen LogP contribution in [0.2, 0.25) is 0 Å². The van der Waals surface area contributed by atoms with Gasteiger partial charge in [0, 0.05) is 18.8 Å². The molecule has 1 aliphatic heterocycles. The third-order valence-electron chi connectivity index (χ3n) is 3.31. The maximum atomic E-state index is 9.63. The zero-order valence-electron chi connectivity index (χ0n) is 10.7. The Morgan fingerprint density at radius 1 is 1.06 bits per heavy atom. The summed E-state index contributed by atoms with van der Waals surface area (Å²) in [4.78, 5) is 2.07. The lowest BCUT2D eigenvalue weighted by Crippen LogP contribution is -2.25. The summed E-state index contributed by atoms with van der Waals surface area (Å²) in [5, 5.41) is 19.3. The van der Waals surface area contributed by atoms with Gasteiger partial charge in [0.1, 0.15) is 0 Å². The van der Waals surface area contributed by atoms with Crippen LogP contribution in [0.3, 0.4) is 0 Å². The minimum atomic E-state index is -0.636. The van der Waals surface area contributed by atoms with Gasteiger partial charge in [-0.15, -0.1) is 0 Å². The Labute approximate surface area is 103 Å². The van der Waals surface area contributed by atoms with Crippen molar-refractivity contribution in [1.29, 1.82) is 0 Å². The quantitative estimate of drug-likeness (QED) is 0.776. The van der Waals surface area contributed by atoms with Gasteiger partial charge in [-0.3, -0.25) is 0 Å². The van der Waals surface area contributed by atoms with Crippen LogP contribution >= 0.6 is 0 Å². The van der Waals surface area contributed by atoms with Crippen molar-refractivity contribution in [3.63, 3.8) is 0 Å². The van der Waals surface area contributed by atoms with Crippen LogP contribution in [-0.4, -0.2) is 35.5 Å². The monoisotopic (exact) mass is 235 g/mol. The smallest absolute Gasteiger partial charge is 0.0990 e. The number of β-amino-alcohol motifs (C(OH)–C–C–N with tert-alkyl or cyclic N) is 2. The van der Waals surface area contributed by atoms with E-state index in [2.05, 4.69) is 37.8 Å². The highest BCUT2D eigenvalue weighted by Crippen LogP contribution is 2.33. The largest absolute Gasteiger partial charge is 0.389 e. The average molecular weight is 235 g/mol. The van der Waals surface area contributed by atoms with E-state index < -0.39 is 12.2 Å². The van der Waals surface area contributed by atoms with Crippen LogP contribution in [0.5, 0.6) is 0 Å². The molecule has 3 heteroatoms. The third-order valence-corrected chi connectivity index (χ3v) is 3.31. The Kier molecular flexibility index (Phi) is 3.15. The van der Waals surface area contributed by atoms with Crippen LogP contribution in [0.15, 0.2) is 24.3 Å². The molecule has 0 radical (unpaired) electrons. The van der Waals surface area contributed by atoms with Gasteiger partial charge in [0.25, 0.3) is 0 Å². The predicted octanol–water partition coefficient (Wildman–Crippen LogP) is 1.53. The molecule has 2 rings (SSSR count). The molecular formula is C14H21NO2. The summed E-state index contributed by atoms with van der Waals surface area (Å²) in [7, 11) is 0. The number of aliphatic hydroxyl groups excluding tert-OH is 2. The summed E-state index contributed by atoms with van der Waals surface area (Å²) >= 11 is 0. The lowest BCUT2D eigenvalue weighted by molar-refractivity contribution is 0.0572. The summed E-state index contributed by atoms with van der Waals surface area (Å²) in [6.07, 6.45) is -1.27. The third kappa shape index (κ3) is 2.45. The molecule has 1 heterocycles. The number of rotatable bonds is 1. The minimum Gasteiger partial charge on any atom is -0.389 e. The predicted molar refractivity (Wildman–Crippen MR) is 69.4 cm³/mol. The molecule has 1 aromatic carbocycles. The van der Waals surface area contributed by atoms with Gasteiger partial charge in [-0.1, -0.05) is 39.0 Å². The van der Waals surface area contributed by atoms with E-state index in [1.165, 1.54) is 5.56 Å². The maximum Gasteiger partial charge on any atom is 0.0990 e. The van der Waals surface area contributed by atoms with E-state index in [1.54, 1.807) is 0 Å². The molecule has 1 aromatic rings. The molecule has 1 fully saturated rings. The van der Waals surface area contributed by atoms with Crippen LogP contribution < -0.4 is 4.90 Å². The SMILES string of the molecule is CC(C)(C)c1ccccc1N1C[C@@H](O)[C@H](O)C1. The van der Waals surface area contributed by atoms with Crippen molar-refractivity contribution in [3.8, 4) is 0 Å². The van der Waals surface area contributed by atoms with Crippen molar-refractivity contribution in [3.05, 3.63) is 29.8 Å². The van der Waals surface area contributed by atoms with Gasteiger partial charge in [-0.2, -0.15) is 0 Å². The van der Waals surface area contributed by atoms with Crippen LogP contribution in [0.4, 0.5) is 5.69 Å². The van der Waals surface area contributed by atoms with E-state index in [9.17, 15) is 10.2 Å². The molecule has 2 atom stereocenters. The van der Waals surface area contributed by atoms with Gasteiger partial charge < -0.3 is 15.1 Å². The molecule has 1 aliphatic rings. The van der Waals surface area contributed by atoms with Gasteiger partial charge in [0.2, 0.25) is 0 Å². The Bertz CT molecular complexity index is 387. The molecule has 0 bridgehead atoms. The first-order valence-electron chi connectivity index (χ1n) is 6.10. The lowest BCUT2D eigenvalue weighted by Gasteiger charge is -2.28. The van der Waals surface area contributed by atoms with Crippen molar-refractivity contribution in [2.75, 3.05) is 18.0 Å². The number of anilines is 1. The van der Waals surface area contributed by atoms with E-state index in [4.69, 9.17) is 0 Å². The summed E-state index contributed by atoms with van der Waals surface area (Å²) in [5.41, 5.74) is 2.44. The second-order valence-corrected chi connectivity index (χ2v) is 5.81. The number of aliphatic hydroxyl groups is 2. The van der Waals surface area contributed by atoms with Gasteiger partial charge in [-0.05, 0) is 17.0 Å². The van der Waals surface area contributed by atoms with Crippen LogP contribution in [0.25, 0.3) is 0 Å². The first-order valence-corrected chi connectivity index (χ1v) is 6.10. The van der Waals surface area contributed by atoms with E-state index in [0.29, 0.717) is 13.1 Å². The summed E-state index contributed by atoms with van der Waals surface area (Å²) in [6, 6.07) is 8.21. The highest BCUT2D eigenvalue weighted by atomic mass is 16.3. The summed E-state index contributed by atoms with van der Waals surface area (Å²) in [5.74, 6) is 0. The number of nitrogens with zero attached hydrogens (tertiary/aromatic N) is 1. The fourth-order valence-corrected chi connectivity index (χ4v) is 2.35. The van der Waals surface area contributed by atoms with Gasteiger partial charge in [-0.25, -0.2) is 0 Å². The molecular weight excluding hydrogens is 214 g/mol. The zero-order valence-corrected chi connectivity index (χ0v) is 10.7. The lowest BCUT2D eigenvalue weighted by atomic mass is 9.85. The first kappa shape index (κ1) is 12.4. The molecule has 0 aliphatic carbocycles. The highest BCUT2D eigenvalue weighted by Gasteiger charge is 2.32. The molecule has 2 N–H and O–H groups in total. The Balaban J connectivity index is 2.33. The van der Waals surface area contributed by atoms with Crippen LogP contribution in [-0.2, 0) is 5.41 Å². The first-order chi connectivity index (χ1) is 7.89. The van der Waals surface area contributed by atoms with Crippen LogP contribution in [0.1, 0.15) is 26.3 Å². The fraction of sp³-hybridized carbons (Fsp3) is 0.571. The summed E-state index contributed by atoms with van der Waals surface area (Å²) < 4.78 is 0. The maximum absolute atomic E-state index is 9.63. The second-order valence-electron chi connectivity index (χ2n) is 5.81. The van der Waals surface area contributed by atoms with E-state index in [-0.39, 0.29) is 5.41 Å².